The number of halogens is 2. The molecule has 3 heterocycles. The minimum absolute atomic E-state index is 0.0262. The first-order chi connectivity index (χ1) is 31.8. The molecule has 8 aromatic rings. The van der Waals surface area contributed by atoms with Crippen molar-refractivity contribution in [3.05, 3.63) is 153 Å². The molecule has 0 N–H and O–H groups in total. The number of fused-ring (bicyclic) bond motifs is 2. The second-order valence-corrected chi connectivity index (χ2v) is 32.9. The summed E-state index contributed by atoms with van der Waals surface area (Å²) in [5, 5.41) is 5.16. The van der Waals surface area contributed by atoms with Gasteiger partial charge in [0, 0.05) is 0 Å². The molecule has 1 aliphatic rings. The number of hydrogen-bond acceptors (Lipinski definition) is 2. The van der Waals surface area contributed by atoms with Crippen LogP contribution in [0.3, 0.4) is 0 Å². The predicted octanol–water partition coefficient (Wildman–Crippen LogP) is 19.7. The Morgan fingerprint density at radius 2 is 0.797 bits per heavy atom. The van der Waals surface area contributed by atoms with Gasteiger partial charge < -0.3 is 8.83 Å². The van der Waals surface area contributed by atoms with Crippen LogP contribution in [0.25, 0.3) is 66.4 Å². The Morgan fingerprint density at radius 3 is 1.03 bits per heavy atom. The van der Waals surface area contributed by atoms with Gasteiger partial charge in [-0.05, 0) is 132 Å². The van der Waals surface area contributed by atoms with Gasteiger partial charge in [-0.3, -0.25) is 0 Å². The van der Waals surface area contributed by atoms with Crippen molar-refractivity contribution in [3.8, 4) is 44.9 Å². The Kier molecular flexibility index (Phi) is 14.9. The quantitative estimate of drug-likeness (QED) is 0.0997. The Balaban J connectivity index is 0.000000178. The molecular weight excluding hydrogens is 979 g/mol. The van der Waals surface area contributed by atoms with Crippen molar-refractivity contribution in [3.63, 3.8) is 0 Å². The van der Waals surface area contributed by atoms with Crippen LogP contribution in [0.4, 0.5) is 0 Å². The third-order valence-corrected chi connectivity index (χ3v) is 20.1. The van der Waals surface area contributed by atoms with E-state index in [2.05, 4.69) is 196 Å². The molecule has 6 aromatic carbocycles. The zero-order chi connectivity index (χ0) is 50.9. The van der Waals surface area contributed by atoms with E-state index in [4.69, 9.17) is 32.0 Å². The van der Waals surface area contributed by atoms with Gasteiger partial charge in [0.2, 0.25) is 0 Å². The molecule has 2 nitrogen and oxygen atoms in total. The van der Waals surface area contributed by atoms with E-state index < -0.39 is 0 Å². The third-order valence-electron chi connectivity index (χ3n) is 14.0. The molecule has 0 saturated carbocycles. The van der Waals surface area contributed by atoms with Gasteiger partial charge in [-0.25, -0.2) is 0 Å². The van der Waals surface area contributed by atoms with Gasteiger partial charge in [0.15, 0.2) is 0 Å². The molecule has 9 rings (SSSR count). The first kappa shape index (κ1) is 53.1. The normalized spacial score (nSPS) is 14.1. The van der Waals surface area contributed by atoms with Crippen molar-refractivity contribution in [2.75, 3.05) is 0 Å². The Bertz CT molecular complexity index is 2930. The van der Waals surface area contributed by atoms with Crippen molar-refractivity contribution >= 4 is 50.2 Å². The standard InChI is InChI=1S/2C30H35O.C3H4Cl2Si.Zr/c2*1-18-12-21-13-22(27-11-10-19(2)31-27)16-26(21)28(20(18)3)23-14-24(29(4,5)6)17-25(15-23)30(7,8)9;4-3(5)1-6-2-3;/h2*10-17H,1-9H3;1-2H2;/q2*-1;;+2. The summed E-state index contributed by atoms with van der Waals surface area (Å²) in [7, 11) is 0. The van der Waals surface area contributed by atoms with Crippen LogP contribution in [0.15, 0.2) is 106 Å². The molecule has 0 radical (unpaired) electrons. The zero-order valence-corrected chi connectivity index (χ0v) is 49.7. The number of aryl methyl sites for hydroxylation is 4. The van der Waals surface area contributed by atoms with Crippen LogP contribution in [-0.2, 0) is 45.0 Å². The topological polar surface area (TPSA) is 26.3 Å². The summed E-state index contributed by atoms with van der Waals surface area (Å²) in [6.45, 7) is 40.6. The van der Waals surface area contributed by atoms with Crippen molar-refractivity contribution < 1.29 is 32.2 Å². The zero-order valence-electron chi connectivity index (χ0n) is 44.7. The summed E-state index contributed by atoms with van der Waals surface area (Å²) < 4.78 is 11.6. The molecule has 1 aliphatic heterocycles. The fourth-order valence-electron chi connectivity index (χ4n) is 9.26. The van der Waals surface area contributed by atoms with Gasteiger partial charge in [0.1, 0.15) is 0 Å². The fraction of sp³-hybridized carbons (Fsp3) is 0.397. The van der Waals surface area contributed by atoms with E-state index in [1.54, 1.807) is 23.3 Å². The van der Waals surface area contributed by atoms with E-state index in [1.165, 1.54) is 88.3 Å². The van der Waals surface area contributed by atoms with Crippen LogP contribution in [0, 0.1) is 41.5 Å². The van der Waals surface area contributed by atoms with Crippen LogP contribution in [-0.4, -0.2) is 9.77 Å². The summed E-state index contributed by atoms with van der Waals surface area (Å²) in [6.07, 6.45) is 0. The van der Waals surface area contributed by atoms with Gasteiger partial charge in [-0.15, -0.1) is 57.9 Å². The summed E-state index contributed by atoms with van der Waals surface area (Å²) >= 11 is 13.1. The molecule has 6 heteroatoms. The second-order valence-electron chi connectivity index (χ2n) is 24.1. The maximum absolute atomic E-state index is 5.93. The number of rotatable bonds is 4. The third kappa shape index (κ3) is 12.0. The van der Waals surface area contributed by atoms with E-state index in [9.17, 15) is 0 Å². The molecule has 360 valence electrons. The molecule has 0 unspecified atom stereocenters. The molecule has 2 aromatic heterocycles. The minimum atomic E-state index is -0.294. The van der Waals surface area contributed by atoms with E-state index in [0.29, 0.717) is 0 Å². The molecule has 0 spiro atoms. The van der Waals surface area contributed by atoms with Crippen molar-refractivity contribution in [1.82, 2.24) is 0 Å². The fourth-order valence-corrected chi connectivity index (χ4v) is 20.1. The maximum atomic E-state index is 5.93. The van der Waals surface area contributed by atoms with Gasteiger partial charge in [-0.1, -0.05) is 153 Å². The monoisotopic (exact) mass is 1050 g/mol. The first-order valence-electron chi connectivity index (χ1n) is 24.6. The van der Waals surface area contributed by atoms with Gasteiger partial charge in [-0.2, -0.15) is 0 Å². The average Bonchev–Trinajstić information content (AvgIpc) is 4.04. The summed E-state index contributed by atoms with van der Waals surface area (Å²) in [5.74, 6) is 3.77. The summed E-state index contributed by atoms with van der Waals surface area (Å²) in [6, 6.07) is 38.6. The van der Waals surface area contributed by atoms with Crippen LogP contribution < -0.4 is 0 Å². The molecule has 1 saturated heterocycles. The van der Waals surface area contributed by atoms with Gasteiger partial charge >= 0.3 is 68.4 Å². The van der Waals surface area contributed by atoms with Gasteiger partial charge in [0.25, 0.3) is 0 Å². The van der Waals surface area contributed by atoms with Crippen molar-refractivity contribution in [1.29, 1.82) is 0 Å². The molecule has 0 atom stereocenters. The molecule has 0 bridgehead atoms. The molecule has 69 heavy (non-hydrogen) atoms. The van der Waals surface area contributed by atoms with E-state index in [-0.39, 0.29) is 31.4 Å². The number of alkyl halides is 2. The van der Waals surface area contributed by atoms with Crippen molar-refractivity contribution in [2.45, 2.75) is 163 Å². The molecular formula is C63H74Cl2O2SiZr. The summed E-state index contributed by atoms with van der Waals surface area (Å²) in [4.78, 5) is 0. The SMILES string of the molecule is Cc1ccc(-c2cc3c(-c4cc(C(C)(C)C)cc(C(C)(C)C)c4)c(C)c(C)cc3[cH-]2)o1.Cc1ccc(-c2cc3c(-c4cc(C(C)(C)C)cc(C(C)(C)C)c4)c(C)c(C)cc3[cH-]2)o1.ClC1(Cl)C[Si](=[Zr+2])C1. The molecule has 0 amide bonds. The Morgan fingerprint density at radius 1 is 0.478 bits per heavy atom. The summed E-state index contributed by atoms with van der Waals surface area (Å²) in [5.41, 5.74) is 18.9. The average molecular weight is 1050 g/mol. The van der Waals surface area contributed by atoms with E-state index >= 15 is 0 Å². The Labute approximate surface area is 439 Å². The van der Waals surface area contributed by atoms with Crippen LogP contribution in [0.1, 0.15) is 139 Å². The number of hydrogen-bond donors (Lipinski definition) is 0. The number of furan rings is 2. The molecule has 1 fully saturated rings. The van der Waals surface area contributed by atoms with Crippen molar-refractivity contribution in [2.24, 2.45) is 0 Å². The van der Waals surface area contributed by atoms with Crippen LogP contribution >= 0.6 is 23.2 Å². The Hall–Kier alpha value is -3.66. The second kappa shape index (κ2) is 19.4. The van der Waals surface area contributed by atoms with E-state index in [1.807, 2.05) is 26.0 Å². The van der Waals surface area contributed by atoms with Gasteiger partial charge in [0.05, 0.1) is 23.0 Å². The van der Waals surface area contributed by atoms with Crippen LogP contribution in [0.5, 0.6) is 0 Å². The predicted molar refractivity (Wildman–Crippen MR) is 298 cm³/mol. The van der Waals surface area contributed by atoms with Crippen LogP contribution in [0.2, 0.25) is 12.1 Å². The number of benzene rings is 4. The first-order valence-corrected chi connectivity index (χ1v) is 31.0. The molecule has 0 aliphatic carbocycles. The van der Waals surface area contributed by atoms with E-state index in [0.717, 1.165) is 46.3 Å².